The largest absolute Gasteiger partial charge is 0.379 e. The summed E-state index contributed by atoms with van der Waals surface area (Å²) < 4.78 is 35.1. The SMILES string of the molecule is O=S(=O)(c1cnn(C2CCOC2)c1)N1CCNCC1c1cccc(Cl)c1. The Morgan fingerprint density at radius 1 is 1.35 bits per heavy atom. The fourth-order valence-corrected chi connectivity index (χ4v) is 5.24. The molecule has 2 aromatic rings. The quantitative estimate of drug-likeness (QED) is 0.853. The summed E-state index contributed by atoms with van der Waals surface area (Å²) in [6, 6.07) is 7.16. The second-order valence-corrected chi connectivity index (χ2v) is 8.89. The monoisotopic (exact) mass is 396 g/mol. The van der Waals surface area contributed by atoms with E-state index in [1.807, 2.05) is 18.2 Å². The zero-order chi connectivity index (χ0) is 18.1. The third kappa shape index (κ3) is 3.39. The lowest BCUT2D eigenvalue weighted by Gasteiger charge is -2.35. The van der Waals surface area contributed by atoms with Gasteiger partial charge in [-0.2, -0.15) is 9.40 Å². The zero-order valence-corrected chi connectivity index (χ0v) is 15.8. The van der Waals surface area contributed by atoms with Crippen molar-refractivity contribution in [3.8, 4) is 0 Å². The third-order valence-corrected chi connectivity index (χ3v) is 6.99. The van der Waals surface area contributed by atoms with E-state index in [2.05, 4.69) is 10.4 Å². The van der Waals surface area contributed by atoms with Crippen LogP contribution in [0.4, 0.5) is 0 Å². The van der Waals surface area contributed by atoms with Crippen molar-refractivity contribution in [1.82, 2.24) is 19.4 Å². The summed E-state index contributed by atoms with van der Waals surface area (Å²) in [6.07, 6.45) is 3.90. The van der Waals surface area contributed by atoms with Gasteiger partial charge in [-0.1, -0.05) is 23.7 Å². The maximum atomic E-state index is 13.3. The van der Waals surface area contributed by atoms with Gasteiger partial charge in [0.2, 0.25) is 10.0 Å². The van der Waals surface area contributed by atoms with Crippen LogP contribution in [0.1, 0.15) is 24.1 Å². The highest BCUT2D eigenvalue weighted by Gasteiger charge is 2.35. The van der Waals surface area contributed by atoms with Gasteiger partial charge in [0, 0.05) is 37.5 Å². The normalized spacial score (nSPS) is 24.8. The van der Waals surface area contributed by atoms with Gasteiger partial charge in [0.05, 0.1) is 24.9 Å². The number of aromatic nitrogens is 2. The zero-order valence-electron chi connectivity index (χ0n) is 14.2. The van der Waals surface area contributed by atoms with Crippen LogP contribution in [0, 0.1) is 0 Å². The first-order valence-electron chi connectivity index (χ1n) is 8.65. The van der Waals surface area contributed by atoms with Crippen molar-refractivity contribution >= 4 is 21.6 Å². The fraction of sp³-hybridized carbons (Fsp3) is 0.471. The number of ether oxygens (including phenoxy) is 1. The molecule has 1 aromatic carbocycles. The van der Waals surface area contributed by atoms with Crippen LogP contribution in [0.25, 0.3) is 0 Å². The molecule has 0 spiro atoms. The summed E-state index contributed by atoms with van der Waals surface area (Å²) in [4.78, 5) is 0.221. The van der Waals surface area contributed by atoms with Crippen LogP contribution < -0.4 is 5.32 Å². The van der Waals surface area contributed by atoms with E-state index in [9.17, 15) is 8.42 Å². The molecule has 0 saturated carbocycles. The van der Waals surface area contributed by atoms with Gasteiger partial charge in [-0.05, 0) is 24.1 Å². The highest BCUT2D eigenvalue weighted by Crippen LogP contribution is 2.30. The van der Waals surface area contributed by atoms with E-state index in [4.69, 9.17) is 16.3 Å². The Bertz CT molecular complexity index is 880. The maximum Gasteiger partial charge on any atom is 0.246 e. The van der Waals surface area contributed by atoms with Crippen molar-refractivity contribution in [2.24, 2.45) is 0 Å². The minimum Gasteiger partial charge on any atom is -0.379 e. The van der Waals surface area contributed by atoms with Crippen LogP contribution >= 0.6 is 11.6 Å². The molecule has 1 aromatic heterocycles. The highest BCUT2D eigenvalue weighted by atomic mass is 35.5. The number of benzene rings is 1. The molecule has 2 atom stereocenters. The number of sulfonamides is 1. The Morgan fingerprint density at radius 2 is 2.23 bits per heavy atom. The molecule has 0 radical (unpaired) electrons. The van der Waals surface area contributed by atoms with Gasteiger partial charge in [0.15, 0.2) is 0 Å². The molecule has 2 unspecified atom stereocenters. The number of hydrogen-bond donors (Lipinski definition) is 1. The molecule has 0 amide bonds. The van der Waals surface area contributed by atoms with Gasteiger partial charge in [-0.15, -0.1) is 0 Å². The Labute approximate surface area is 157 Å². The Morgan fingerprint density at radius 3 is 3.00 bits per heavy atom. The summed E-state index contributed by atoms with van der Waals surface area (Å²) in [5.41, 5.74) is 0.879. The molecule has 9 heteroatoms. The molecule has 3 heterocycles. The first kappa shape index (κ1) is 17.9. The predicted molar refractivity (Wildman–Crippen MR) is 97.7 cm³/mol. The number of rotatable bonds is 4. The van der Waals surface area contributed by atoms with Gasteiger partial charge in [0.1, 0.15) is 4.90 Å². The number of hydrogen-bond acceptors (Lipinski definition) is 5. The molecule has 4 rings (SSSR count). The van der Waals surface area contributed by atoms with Crippen LogP contribution in [-0.2, 0) is 14.8 Å². The van der Waals surface area contributed by atoms with Crippen LogP contribution in [0.15, 0.2) is 41.6 Å². The van der Waals surface area contributed by atoms with Crippen molar-refractivity contribution in [3.63, 3.8) is 0 Å². The second-order valence-electron chi connectivity index (χ2n) is 6.56. The summed E-state index contributed by atoms with van der Waals surface area (Å²) in [5, 5.41) is 8.13. The van der Waals surface area contributed by atoms with Crippen molar-refractivity contribution < 1.29 is 13.2 Å². The lowest BCUT2D eigenvalue weighted by Crippen LogP contribution is -2.48. The van der Waals surface area contributed by atoms with Crippen molar-refractivity contribution in [3.05, 3.63) is 47.2 Å². The number of nitrogens with zero attached hydrogens (tertiary/aromatic N) is 3. The molecule has 140 valence electrons. The average Bonchev–Trinajstić information content (AvgIpc) is 3.33. The standard InChI is InChI=1S/C17H21ClN4O3S/c18-14-3-1-2-13(8-14)17-10-19-5-6-22(17)26(23,24)16-9-20-21(11-16)15-4-7-25-12-15/h1-3,8-9,11,15,17,19H,4-7,10,12H2. The van der Waals surface area contributed by atoms with Crippen molar-refractivity contribution in [1.29, 1.82) is 0 Å². The van der Waals surface area contributed by atoms with Gasteiger partial charge >= 0.3 is 0 Å². The number of nitrogens with one attached hydrogen (secondary N) is 1. The van der Waals surface area contributed by atoms with E-state index in [0.29, 0.717) is 37.9 Å². The lowest BCUT2D eigenvalue weighted by atomic mass is 10.1. The van der Waals surface area contributed by atoms with Crippen LogP contribution in [-0.4, -0.2) is 55.4 Å². The Balaban J connectivity index is 1.64. The van der Waals surface area contributed by atoms with E-state index in [1.54, 1.807) is 21.3 Å². The maximum absolute atomic E-state index is 13.3. The van der Waals surface area contributed by atoms with Crippen LogP contribution in [0.5, 0.6) is 0 Å². The van der Waals surface area contributed by atoms with E-state index in [-0.39, 0.29) is 17.0 Å². The summed E-state index contributed by atoms with van der Waals surface area (Å²) in [5.74, 6) is 0. The number of piperazine rings is 1. The summed E-state index contributed by atoms with van der Waals surface area (Å²) in [6.45, 7) is 2.81. The van der Waals surface area contributed by atoms with E-state index >= 15 is 0 Å². The molecular weight excluding hydrogens is 376 g/mol. The molecular formula is C17H21ClN4O3S. The smallest absolute Gasteiger partial charge is 0.246 e. The first-order chi connectivity index (χ1) is 12.6. The first-order valence-corrected chi connectivity index (χ1v) is 10.5. The summed E-state index contributed by atoms with van der Waals surface area (Å²) in [7, 11) is -3.65. The minimum atomic E-state index is -3.65. The van der Waals surface area contributed by atoms with Crippen LogP contribution in [0.2, 0.25) is 5.02 Å². The predicted octanol–water partition coefficient (Wildman–Crippen LogP) is 1.83. The van der Waals surface area contributed by atoms with Crippen LogP contribution in [0.3, 0.4) is 0 Å². The van der Waals surface area contributed by atoms with Gasteiger partial charge in [-0.25, -0.2) is 8.42 Å². The van der Waals surface area contributed by atoms with Gasteiger partial charge in [0.25, 0.3) is 0 Å². The molecule has 2 aliphatic heterocycles. The lowest BCUT2D eigenvalue weighted by molar-refractivity contribution is 0.184. The molecule has 2 fully saturated rings. The Hall–Kier alpha value is -1.45. The molecule has 0 bridgehead atoms. The topological polar surface area (TPSA) is 76.5 Å². The fourth-order valence-electron chi connectivity index (χ4n) is 3.49. The van der Waals surface area contributed by atoms with E-state index < -0.39 is 10.0 Å². The van der Waals surface area contributed by atoms with Crippen molar-refractivity contribution in [2.45, 2.75) is 23.4 Å². The average molecular weight is 397 g/mol. The molecule has 2 aliphatic rings. The highest BCUT2D eigenvalue weighted by molar-refractivity contribution is 7.89. The molecule has 0 aliphatic carbocycles. The van der Waals surface area contributed by atoms with Gasteiger partial charge in [-0.3, -0.25) is 4.68 Å². The Kier molecular flexibility index (Phi) is 5.02. The minimum absolute atomic E-state index is 0.102. The third-order valence-electron chi connectivity index (χ3n) is 4.89. The molecule has 2 saturated heterocycles. The molecule has 1 N–H and O–H groups in total. The summed E-state index contributed by atoms with van der Waals surface area (Å²) >= 11 is 6.11. The second kappa shape index (κ2) is 7.28. The number of halogens is 1. The molecule has 26 heavy (non-hydrogen) atoms. The van der Waals surface area contributed by atoms with Gasteiger partial charge < -0.3 is 10.1 Å². The van der Waals surface area contributed by atoms with Crippen molar-refractivity contribution in [2.75, 3.05) is 32.8 Å². The molecule has 7 nitrogen and oxygen atoms in total. The van der Waals surface area contributed by atoms with E-state index in [0.717, 1.165) is 12.0 Å². The van der Waals surface area contributed by atoms with E-state index in [1.165, 1.54) is 6.20 Å².